The molecule has 0 saturated carbocycles. The molecule has 0 spiro atoms. The molecule has 0 bridgehead atoms. The Morgan fingerprint density at radius 1 is 1.24 bits per heavy atom. The van der Waals surface area contributed by atoms with Crippen molar-refractivity contribution in [2.75, 3.05) is 6.61 Å². The first-order valence-corrected chi connectivity index (χ1v) is 7.69. The third kappa shape index (κ3) is 2.53. The lowest BCUT2D eigenvalue weighted by Gasteiger charge is -2.03. The van der Waals surface area contributed by atoms with Crippen LogP contribution < -0.4 is 0 Å². The maximum absolute atomic E-state index is 12.1. The highest BCUT2D eigenvalue weighted by Crippen LogP contribution is 2.29. The van der Waals surface area contributed by atoms with Crippen molar-refractivity contribution in [1.29, 1.82) is 0 Å². The Bertz CT molecular complexity index is 797. The number of halogens is 1. The van der Waals surface area contributed by atoms with E-state index in [0.717, 1.165) is 20.3 Å². The molecule has 2 aromatic heterocycles. The Hall–Kier alpha value is -1.89. The molecule has 0 N–H and O–H groups in total. The fourth-order valence-electron chi connectivity index (χ4n) is 2.22. The number of rotatable bonds is 3. The molecule has 21 heavy (non-hydrogen) atoms. The number of carbonyl (C=O) groups is 1. The SMILES string of the molecule is CCOC(=O)c1cccn2nc(-c3ccccc3)c(I)c12. The summed E-state index contributed by atoms with van der Waals surface area (Å²) in [6, 6.07) is 13.5. The molecule has 4 nitrogen and oxygen atoms in total. The van der Waals surface area contributed by atoms with Crippen LogP contribution in [0.4, 0.5) is 0 Å². The number of carbonyl (C=O) groups excluding carboxylic acids is 1. The van der Waals surface area contributed by atoms with Crippen LogP contribution in [0.1, 0.15) is 17.3 Å². The van der Waals surface area contributed by atoms with Gasteiger partial charge in [-0.1, -0.05) is 30.3 Å². The van der Waals surface area contributed by atoms with Crippen molar-refractivity contribution in [2.45, 2.75) is 6.92 Å². The first-order valence-electron chi connectivity index (χ1n) is 6.61. The molecule has 106 valence electrons. The van der Waals surface area contributed by atoms with Gasteiger partial charge in [0.25, 0.3) is 0 Å². The lowest BCUT2D eigenvalue weighted by atomic mass is 10.1. The second kappa shape index (κ2) is 5.85. The van der Waals surface area contributed by atoms with E-state index in [0.29, 0.717) is 12.2 Å². The minimum Gasteiger partial charge on any atom is -0.462 e. The quantitative estimate of drug-likeness (QED) is 0.504. The molecule has 0 aliphatic rings. The van der Waals surface area contributed by atoms with Crippen molar-refractivity contribution in [1.82, 2.24) is 9.61 Å². The van der Waals surface area contributed by atoms with Gasteiger partial charge in [0.1, 0.15) is 5.69 Å². The summed E-state index contributed by atoms with van der Waals surface area (Å²) >= 11 is 2.23. The van der Waals surface area contributed by atoms with Crippen molar-refractivity contribution >= 4 is 34.1 Å². The number of fused-ring (bicyclic) bond motifs is 1. The normalized spacial score (nSPS) is 10.8. The molecule has 3 rings (SSSR count). The minimum absolute atomic E-state index is 0.319. The summed E-state index contributed by atoms with van der Waals surface area (Å²) in [6.07, 6.45) is 1.84. The van der Waals surface area contributed by atoms with Crippen molar-refractivity contribution < 1.29 is 9.53 Å². The zero-order valence-electron chi connectivity index (χ0n) is 11.4. The van der Waals surface area contributed by atoms with Crippen LogP contribution in [0.3, 0.4) is 0 Å². The Labute approximate surface area is 135 Å². The first kappa shape index (κ1) is 14.1. The average molecular weight is 392 g/mol. The fourth-order valence-corrected chi connectivity index (χ4v) is 3.17. The van der Waals surface area contributed by atoms with Gasteiger partial charge in [-0.15, -0.1) is 0 Å². The second-order valence-corrected chi connectivity index (χ2v) is 5.54. The third-order valence-electron chi connectivity index (χ3n) is 3.14. The zero-order chi connectivity index (χ0) is 14.8. The van der Waals surface area contributed by atoms with Gasteiger partial charge in [0.05, 0.1) is 21.3 Å². The molecule has 3 aromatic rings. The highest BCUT2D eigenvalue weighted by Gasteiger charge is 2.19. The molecule has 0 aliphatic heterocycles. The van der Waals surface area contributed by atoms with Gasteiger partial charge in [-0.3, -0.25) is 0 Å². The monoisotopic (exact) mass is 392 g/mol. The van der Waals surface area contributed by atoms with Gasteiger partial charge in [-0.25, -0.2) is 9.31 Å². The number of esters is 1. The number of pyridine rings is 1. The van der Waals surface area contributed by atoms with Gasteiger partial charge >= 0.3 is 5.97 Å². The van der Waals surface area contributed by atoms with E-state index < -0.39 is 0 Å². The Morgan fingerprint density at radius 2 is 2.00 bits per heavy atom. The fraction of sp³-hybridized carbons (Fsp3) is 0.125. The van der Waals surface area contributed by atoms with Crippen molar-refractivity contribution in [2.24, 2.45) is 0 Å². The summed E-state index contributed by atoms with van der Waals surface area (Å²) in [5.74, 6) is -0.319. The average Bonchev–Trinajstić information content (AvgIpc) is 2.86. The van der Waals surface area contributed by atoms with Gasteiger partial charge in [0, 0.05) is 11.8 Å². The van der Waals surface area contributed by atoms with Crippen molar-refractivity contribution in [3.8, 4) is 11.3 Å². The van der Waals surface area contributed by atoms with Gasteiger partial charge in [0.2, 0.25) is 0 Å². The van der Waals surface area contributed by atoms with Gasteiger partial charge in [-0.2, -0.15) is 5.10 Å². The number of hydrogen-bond donors (Lipinski definition) is 0. The van der Waals surface area contributed by atoms with Crippen molar-refractivity contribution in [3.63, 3.8) is 0 Å². The maximum atomic E-state index is 12.1. The standard InChI is InChI=1S/C16H13IN2O2/c1-2-21-16(20)12-9-6-10-19-15(12)13(17)14(18-19)11-7-4-3-5-8-11/h3-10H,2H2,1H3. The zero-order valence-corrected chi connectivity index (χ0v) is 13.6. The summed E-state index contributed by atoms with van der Waals surface area (Å²) in [5, 5.41) is 4.59. The van der Waals surface area contributed by atoms with Crippen LogP contribution in [0, 0.1) is 3.57 Å². The smallest absolute Gasteiger partial charge is 0.340 e. The summed E-state index contributed by atoms with van der Waals surface area (Å²) in [7, 11) is 0. The van der Waals surface area contributed by atoms with E-state index in [1.165, 1.54) is 0 Å². The summed E-state index contributed by atoms with van der Waals surface area (Å²) in [4.78, 5) is 12.1. The van der Waals surface area contributed by atoms with E-state index in [9.17, 15) is 4.79 Å². The van der Waals surface area contributed by atoms with E-state index in [-0.39, 0.29) is 5.97 Å². The first-order chi connectivity index (χ1) is 10.2. The predicted molar refractivity (Wildman–Crippen MR) is 89.3 cm³/mol. The largest absolute Gasteiger partial charge is 0.462 e. The number of benzene rings is 1. The molecular weight excluding hydrogens is 379 g/mol. The minimum atomic E-state index is -0.319. The molecule has 0 saturated heterocycles. The molecule has 0 amide bonds. The topological polar surface area (TPSA) is 43.6 Å². The second-order valence-electron chi connectivity index (χ2n) is 4.46. The Kier molecular flexibility index (Phi) is 3.92. The third-order valence-corrected chi connectivity index (χ3v) is 4.16. The van der Waals surface area contributed by atoms with Crippen LogP contribution in [0.5, 0.6) is 0 Å². The van der Waals surface area contributed by atoms with Gasteiger partial charge < -0.3 is 4.74 Å². The lowest BCUT2D eigenvalue weighted by molar-refractivity contribution is 0.0528. The van der Waals surface area contributed by atoms with Crippen LogP contribution in [0.25, 0.3) is 16.8 Å². The summed E-state index contributed by atoms with van der Waals surface area (Å²) < 4.78 is 7.80. The van der Waals surface area contributed by atoms with Crippen LogP contribution >= 0.6 is 22.6 Å². The van der Waals surface area contributed by atoms with E-state index in [2.05, 4.69) is 27.7 Å². The molecule has 1 aromatic carbocycles. The van der Waals surface area contributed by atoms with Gasteiger partial charge in [0.15, 0.2) is 0 Å². The number of aromatic nitrogens is 2. The van der Waals surface area contributed by atoms with Crippen LogP contribution in [0.15, 0.2) is 48.7 Å². The molecule has 0 radical (unpaired) electrons. The van der Waals surface area contributed by atoms with Crippen LogP contribution in [0.2, 0.25) is 0 Å². The highest BCUT2D eigenvalue weighted by molar-refractivity contribution is 14.1. The molecule has 0 fully saturated rings. The Balaban J connectivity index is 2.21. The van der Waals surface area contributed by atoms with E-state index >= 15 is 0 Å². The Morgan fingerprint density at radius 3 is 2.71 bits per heavy atom. The van der Waals surface area contributed by atoms with Crippen molar-refractivity contribution in [3.05, 3.63) is 57.8 Å². The molecule has 2 heterocycles. The van der Waals surface area contributed by atoms with E-state index in [4.69, 9.17) is 4.74 Å². The molecule has 5 heteroatoms. The van der Waals surface area contributed by atoms with E-state index in [1.807, 2.05) is 36.5 Å². The molecule has 0 aliphatic carbocycles. The summed E-state index contributed by atoms with van der Waals surface area (Å²) in [6.45, 7) is 2.16. The number of nitrogens with zero attached hydrogens (tertiary/aromatic N) is 2. The van der Waals surface area contributed by atoms with Crippen LogP contribution in [-0.4, -0.2) is 22.2 Å². The molecular formula is C16H13IN2O2. The highest BCUT2D eigenvalue weighted by atomic mass is 127. The number of ether oxygens (including phenoxy) is 1. The predicted octanol–water partition coefficient (Wildman–Crippen LogP) is 3.78. The van der Waals surface area contributed by atoms with E-state index in [1.54, 1.807) is 23.6 Å². The lowest BCUT2D eigenvalue weighted by Crippen LogP contribution is -2.07. The number of hydrogen-bond acceptors (Lipinski definition) is 3. The molecule has 0 unspecified atom stereocenters. The van der Waals surface area contributed by atoms with Gasteiger partial charge in [-0.05, 0) is 41.6 Å². The maximum Gasteiger partial charge on any atom is 0.340 e. The summed E-state index contributed by atoms with van der Waals surface area (Å²) in [5.41, 5.74) is 3.22. The molecule has 0 atom stereocenters. The van der Waals surface area contributed by atoms with Crippen LogP contribution in [-0.2, 0) is 4.74 Å².